The van der Waals surface area contributed by atoms with Crippen molar-refractivity contribution in [3.63, 3.8) is 0 Å². The van der Waals surface area contributed by atoms with Crippen LogP contribution in [0.25, 0.3) is 0 Å². The summed E-state index contributed by atoms with van der Waals surface area (Å²) in [6, 6.07) is 0. The molecular weight excluding hydrogens is 913 g/mol. The van der Waals surface area contributed by atoms with Crippen molar-refractivity contribution >= 4 is 17.9 Å². The third-order valence-electron chi connectivity index (χ3n) is 14.3. The highest BCUT2D eigenvalue weighted by Crippen LogP contribution is 2.18. The Balaban J connectivity index is 4.24. The van der Waals surface area contributed by atoms with Gasteiger partial charge >= 0.3 is 17.9 Å². The summed E-state index contributed by atoms with van der Waals surface area (Å²) >= 11 is 0. The molecule has 0 radical (unpaired) electrons. The Kier molecular flexibility index (Phi) is 60.2. The number of rotatable bonds is 59. The molecule has 0 spiro atoms. The molecule has 0 aromatic rings. The summed E-state index contributed by atoms with van der Waals surface area (Å²) in [5.74, 6) is -0.934. The molecule has 0 aliphatic rings. The number of carbonyl (C=O) groups is 3. The second-order valence-corrected chi connectivity index (χ2v) is 21.7. The van der Waals surface area contributed by atoms with Crippen LogP contribution in [0.1, 0.15) is 335 Å². The lowest BCUT2D eigenvalue weighted by molar-refractivity contribution is -0.167. The van der Waals surface area contributed by atoms with Gasteiger partial charge in [0.2, 0.25) is 0 Å². The molecule has 0 amide bonds. The fourth-order valence-corrected chi connectivity index (χ4v) is 9.48. The average Bonchev–Trinajstić information content (AvgIpc) is 3.40. The predicted molar refractivity (Wildman–Crippen MR) is 321 cm³/mol. The van der Waals surface area contributed by atoms with E-state index in [1.807, 2.05) is 0 Å². The van der Waals surface area contributed by atoms with Crippen LogP contribution in [0.15, 0.2) is 60.8 Å². The summed E-state index contributed by atoms with van der Waals surface area (Å²) in [7, 11) is 0. The molecule has 0 rings (SSSR count). The Labute approximate surface area is 460 Å². The smallest absolute Gasteiger partial charge is 0.306 e. The van der Waals surface area contributed by atoms with Gasteiger partial charge < -0.3 is 14.2 Å². The molecule has 430 valence electrons. The third-order valence-corrected chi connectivity index (χ3v) is 14.3. The van der Waals surface area contributed by atoms with E-state index in [1.165, 1.54) is 212 Å². The molecule has 0 bridgehead atoms. The van der Waals surface area contributed by atoms with Crippen LogP contribution in [-0.4, -0.2) is 37.2 Å². The zero-order chi connectivity index (χ0) is 53.6. The average molecular weight is 1040 g/mol. The maximum Gasteiger partial charge on any atom is 0.306 e. The van der Waals surface area contributed by atoms with E-state index in [-0.39, 0.29) is 37.5 Å². The molecule has 0 aliphatic carbocycles. The Hall–Kier alpha value is -2.89. The number of hydrogen-bond acceptors (Lipinski definition) is 6. The fourth-order valence-electron chi connectivity index (χ4n) is 9.48. The summed E-state index contributed by atoms with van der Waals surface area (Å²) in [6.07, 6.45) is 79.7. The molecule has 0 N–H and O–H groups in total. The van der Waals surface area contributed by atoms with Gasteiger partial charge in [-0.15, -0.1) is 0 Å². The molecule has 0 aliphatic heterocycles. The zero-order valence-corrected chi connectivity index (χ0v) is 49.4. The minimum absolute atomic E-state index is 0.0925. The highest BCUT2D eigenvalue weighted by Gasteiger charge is 2.19. The van der Waals surface area contributed by atoms with Crippen LogP contribution in [0.5, 0.6) is 0 Å². The van der Waals surface area contributed by atoms with E-state index in [0.29, 0.717) is 19.3 Å². The van der Waals surface area contributed by atoms with Gasteiger partial charge in [-0.05, 0) is 57.8 Å². The van der Waals surface area contributed by atoms with Crippen LogP contribution in [0.4, 0.5) is 0 Å². The second kappa shape index (κ2) is 62.6. The van der Waals surface area contributed by atoms with Gasteiger partial charge in [-0.3, -0.25) is 14.4 Å². The molecule has 0 fully saturated rings. The van der Waals surface area contributed by atoms with Gasteiger partial charge in [-0.25, -0.2) is 0 Å². The number of ether oxygens (including phenoxy) is 3. The summed E-state index contributed by atoms with van der Waals surface area (Å²) in [5.41, 5.74) is 0. The van der Waals surface area contributed by atoms with Crippen molar-refractivity contribution in [1.29, 1.82) is 0 Å². The molecule has 0 aromatic carbocycles. The van der Waals surface area contributed by atoms with Gasteiger partial charge in [0, 0.05) is 19.3 Å². The Bertz CT molecular complexity index is 1330. The first-order chi connectivity index (χ1) is 36.5. The van der Waals surface area contributed by atoms with Gasteiger partial charge in [0.1, 0.15) is 13.2 Å². The van der Waals surface area contributed by atoms with E-state index < -0.39 is 6.10 Å². The molecule has 6 nitrogen and oxygen atoms in total. The zero-order valence-electron chi connectivity index (χ0n) is 49.4. The van der Waals surface area contributed by atoms with Crippen molar-refractivity contribution in [1.82, 2.24) is 0 Å². The predicted octanol–water partition coefficient (Wildman–Crippen LogP) is 21.9. The first kappa shape index (κ1) is 71.1. The van der Waals surface area contributed by atoms with Crippen molar-refractivity contribution in [2.24, 2.45) is 0 Å². The first-order valence-corrected chi connectivity index (χ1v) is 32.3. The summed E-state index contributed by atoms with van der Waals surface area (Å²) in [6.45, 7) is 6.52. The van der Waals surface area contributed by atoms with Crippen molar-refractivity contribution < 1.29 is 28.6 Å². The van der Waals surface area contributed by atoms with E-state index >= 15 is 0 Å². The highest BCUT2D eigenvalue weighted by atomic mass is 16.6. The van der Waals surface area contributed by atoms with Crippen LogP contribution >= 0.6 is 0 Å². The van der Waals surface area contributed by atoms with Gasteiger partial charge in [-0.1, -0.05) is 319 Å². The molecular formula is C68H122O6. The number of carbonyl (C=O) groups excluding carboxylic acids is 3. The van der Waals surface area contributed by atoms with Crippen LogP contribution in [0, 0.1) is 0 Å². The minimum atomic E-state index is -0.801. The first-order valence-electron chi connectivity index (χ1n) is 32.3. The topological polar surface area (TPSA) is 78.9 Å². The van der Waals surface area contributed by atoms with Crippen LogP contribution in [-0.2, 0) is 28.6 Å². The maximum absolute atomic E-state index is 12.9. The summed E-state index contributed by atoms with van der Waals surface area (Å²) < 4.78 is 16.9. The Morgan fingerprint density at radius 3 is 0.811 bits per heavy atom. The lowest BCUT2D eigenvalue weighted by Crippen LogP contribution is -2.30. The Morgan fingerprint density at radius 1 is 0.284 bits per heavy atom. The molecule has 6 heteroatoms. The summed E-state index contributed by atoms with van der Waals surface area (Å²) in [5, 5.41) is 0. The van der Waals surface area contributed by atoms with Gasteiger partial charge in [0.25, 0.3) is 0 Å². The number of hydrogen-bond donors (Lipinski definition) is 0. The van der Waals surface area contributed by atoms with Gasteiger partial charge in [0.05, 0.1) is 0 Å². The molecule has 0 saturated carbocycles. The monoisotopic (exact) mass is 1030 g/mol. The SMILES string of the molecule is CC/C=C\C/C=C\C/C=C\C/C=C\C/C=C\CCCC(=O)OC(COC(=O)CCCCCCCCCCCCCC)COC(=O)CCCCCCCCCCCCCCCCCCCCCCCCCCCCC. The van der Waals surface area contributed by atoms with Crippen LogP contribution < -0.4 is 0 Å². The van der Waals surface area contributed by atoms with Crippen molar-refractivity contribution in [3.05, 3.63) is 60.8 Å². The largest absolute Gasteiger partial charge is 0.462 e. The number of allylic oxidation sites excluding steroid dienone is 10. The van der Waals surface area contributed by atoms with E-state index in [2.05, 4.69) is 81.5 Å². The molecule has 74 heavy (non-hydrogen) atoms. The quantitative estimate of drug-likeness (QED) is 0.0261. The fraction of sp³-hybridized carbons (Fsp3) is 0.809. The van der Waals surface area contributed by atoms with Crippen LogP contribution in [0.3, 0.4) is 0 Å². The van der Waals surface area contributed by atoms with Gasteiger partial charge in [-0.2, -0.15) is 0 Å². The van der Waals surface area contributed by atoms with Crippen molar-refractivity contribution in [2.75, 3.05) is 13.2 Å². The molecule has 1 atom stereocenters. The van der Waals surface area contributed by atoms with Crippen molar-refractivity contribution in [3.8, 4) is 0 Å². The number of esters is 3. The standard InChI is InChI=1S/C68H122O6/c1-4-7-10-13-16-19-22-25-27-29-30-31-32-33-34-35-36-37-38-40-41-43-46-49-52-55-58-61-67(70)73-64-65(63-72-66(69)60-57-54-51-48-45-24-21-18-15-12-9-6-3)74-68(71)62-59-56-53-50-47-44-42-39-28-26-23-20-17-14-11-8-5-2/h8,11,17,20,26,28,42,44,50,53,65H,4-7,9-10,12-16,18-19,21-25,27,29-41,43,45-49,51-52,54-64H2,1-3H3/b11-8-,20-17-,28-26-,44-42-,53-50-. The lowest BCUT2D eigenvalue weighted by atomic mass is 10.0. The normalized spacial score (nSPS) is 12.4. The second-order valence-electron chi connectivity index (χ2n) is 21.7. The van der Waals surface area contributed by atoms with E-state index in [1.54, 1.807) is 0 Å². The molecule has 0 aromatic heterocycles. The van der Waals surface area contributed by atoms with Gasteiger partial charge in [0.15, 0.2) is 6.10 Å². The molecule has 0 heterocycles. The Morgan fingerprint density at radius 2 is 0.527 bits per heavy atom. The van der Waals surface area contributed by atoms with Crippen molar-refractivity contribution in [2.45, 2.75) is 341 Å². The number of unbranched alkanes of at least 4 members (excludes halogenated alkanes) is 38. The van der Waals surface area contributed by atoms with Crippen LogP contribution in [0.2, 0.25) is 0 Å². The lowest BCUT2D eigenvalue weighted by Gasteiger charge is -2.18. The molecule has 0 saturated heterocycles. The summed E-state index contributed by atoms with van der Waals surface area (Å²) in [4.78, 5) is 38.2. The molecule has 1 unspecified atom stereocenters. The highest BCUT2D eigenvalue weighted by molar-refractivity contribution is 5.71. The minimum Gasteiger partial charge on any atom is -0.462 e. The van der Waals surface area contributed by atoms with E-state index in [0.717, 1.165) is 77.0 Å². The third kappa shape index (κ3) is 60.0. The van der Waals surface area contributed by atoms with E-state index in [9.17, 15) is 14.4 Å². The van der Waals surface area contributed by atoms with E-state index in [4.69, 9.17) is 14.2 Å². The maximum atomic E-state index is 12.9.